The Balaban J connectivity index is 1.49. The molecule has 0 radical (unpaired) electrons. The Morgan fingerprint density at radius 2 is 1.64 bits per heavy atom. The fourth-order valence-electron chi connectivity index (χ4n) is 4.50. The Morgan fingerprint density at radius 1 is 0.879 bits per heavy atom. The molecule has 0 aromatic heterocycles. The largest absolute Gasteiger partial charge is 0.496 e. The van der Waals surface area contributed by atoms with Gasteiger partial charge in [-0.25, -0.2) is 0 Å². The summed E-state index contributed by atoms with van der Waals surface area (Å²) in [5.74, 6) is 0.976. The van der Waals surface area contributed by atoms with Gasteiger partial charge in [-0.05, 0) is 54.7 Å². The number of ether oxygens (including phenoxy) is 1. The first kappa shape index (κ1) is 25.4. The summed E-state index contributed by atoms with van der Waals surface area (Å²) in [6, 6.07) is 12.2. The minimum atomic E-state index is -4.30. The van der Waals surface area contributed by atoms with Crippen LogP contribution in [0.4, 0.5) is 18.9 Å². The zero-order valence-electron chi connectivity index (χ0n) is 20.0. The van der Waals surface area contributed by atoms with Gasteiger partial charge in [0.2, 0.25) is 0 Å². The van der Waals surface area contributed by atoms with E-state index < -0.39 is 11.7 Å². The van der Waals surface area contributed by atoms with E-state index in [4.69, 9.17) is 4.74 Å². The second kappa shape index (κ2) is 12.3. The number of aryl methyl sites for hydroxylation is 1. The van der Waals surface area contributed by atoms with Crippen LogP contribution in [0.25, 0.3) is 0 Å². The Bertz CT molecular complexity index is 861. The molecule has 1 heterocycles. The molecule has 3 rings (SSSR count). The van der Waals surface area contributed by atoms with Gasteiger partial charge < -0.3 is 9.64 Å². The van der Waals surface area contributed by atoms with Crippen molar-refractivity contribution in [2.24, 2.45) is 0 Å². The zero-order valence-corrected chi connectivity index (χ0v) is 20.0. The van der Waals surface area contributed by atoms with Crippen molar-refractivity contribution in [3.8, 4) is 5.75 Å². The summed E-state index contributed by atoms with van der Waals surface area (Å²) < 4.78 is 44.6. The second-order valence-electron chi connectivity index (χ2n) is 8.94. The first-order chi connectivity index (χ1) is 15.9. The van der Waals surface area contributed by atoms with Crippen LogP contribution in [0, 0.1) is 0 Å². The van der Waals surface area contributed by atoms with E-state index in [9.17, 15) is 13.2 Å². The third-order valence-electron chi connectivity index (χ3n) is 6.52. The second-order valence-corrected chi connectivity index (χ2v) is 8.94. The maximum atomic E-state index is 13.0. The normalized spacial score (nSPS) is 15.1. The van der Waals surface area contributed by atoms with Crippen molar-refractivity contribution in [1.82, 2.24) is 4.90 Å². The average molecular weight is 463 g/mol. The van der Waals surface area contributed by atoms with Gasteiger partial charge in [-0.1, -0.05) is 50.8 Å². The van der Waals surface area contributed by atoms with Crippen molar-refractivity contribution in [2.75, 3.05) is 44.7 Å². The van der Waals surface area contributed by atoms with Gasteiger partial charge in [0.15, 0.2) is 0 Å². The van der Waals surface area contributed by atoms with E-state index in [0.717, 1.165) is 57.4 Å². The van der Waals surface area contributed by atoms with Crippen LogP contribution in [0.15, 0.2) is 42.5 Å². The molecule has 0 aliphatic carbocycles. The maximum absolute atomic E-state index is 13.0. The van der Waals surface area contributed by atoms with Crippen LogP contribution in [0.5, 0.6) is 5.75 Å². The number of nitrogens with zero attached hydrogens (tertiary/aromatic N) is 2. The smallest absolute Gasteiger partial charge is 0.416 e. The standard InChI is InChI=1S/C27H37F3N2O/c1-3-4-5-6-7-9-23-20-22(12-13-26(23)33-2)14-15-31-16-18-32(19-17-31)25-11-8-10-24(21-25)27(28,29)30/h8,10-13,20-21H,3-7,9,14-19H2,1-2H3. The molecular weight excluding hydrogens is 425 g/mol. The van der Waals surface area contributed by atoms with Crippen LogP contribution in [0.2, 0.25) is 0 Å². The Kier molecular flexibility index (Phi) is 9.48. The SMILES string of the molecule is CCCCCCCc1cc(CCN2CCN(c3cccc(C(F)(F)F)c3)CC2)ccc1OC. The molecule has 0 unspecified atom stereocenters. The Labute approximate surface area is 196 Å². The molecule has 1 fully saturated rings. The first-order valence-electron chi connectivity index (χ1n) is 12.2. The molecule has 2 aromatic carbocycles. The van der Waals surface area contributed by atoms with Crippen LogP contribution in [0.1, 0.15) is 55.7 Å². The average Bonchev–Trinajstić information content (AvgIpc) is 2.82. The van der Waals surface area contributed by atoms with E-state index in [0.29, 0.717) is 5.69 Å². The molecule has 0 bridgehead atoms. The van der Waals surface area contributed by atoms with Crippen LogP contribution < -0.4 is 9.64 Å². The van der Waals surface area contributed by atoms with Crippen molar-refractivity contribution in [2.45, 2.75) is 58.0 Å². The highest BCUT2D eigenvalue weighted by Gasteiger charge is 2.31. The van der Waals surface area contributed by atoms with Gasteiger partial charge in [0, 0.05) is 38.4 Å². The molecule has 2 aromatic rings. The van der Waals surface area contributed by atoms with Gasteiger partial charge in [-0.15, -0.1) is 0 Å². The lowest BCUT2D eigenvalue weighted by Crippen LogP contribution is -2.47. The third-order valence-corrected chi connectivity index (χ3v) is 6.52. The van der Waals surface area contributed by atoms with E-state index in [1.54, 1.807) is 13.2 Å². The first-order valence-corrected chi connectivity index (χ1v) is 12.2. The number of piperazine rings is 1. The third kappa shape index (κ3) is 7.66. The summed E-state index contributed by atoms with van der Waals surface area (Å²) in [5, 5.41) is 0. The molecule has 0 saturated carbocycles. The van der Waals surface area contributed by atoms with Crippen LogP contribution in [0.3, 0.4) is 0 Å². The van der Waals surface area contributed by atoms with E-state index >= 15 is 0 Å². The number of rotatable bonds is 11. The van der Waals surface area contributed by atoms with Crippen molar-refractivity contribution in [3.05, 3.63) is 59.2 Å². The van der Waals surface area contributed by atoms with Crippen LogP contribution in [-0.2, 0) is 19.0 Å². The monoisotopic (exact) mass is 462 g/mol. The molecule has 182 valence electrons. The predicted molar refractivity (Wildman–Crippen MR) is 129 cm³/mol. The number of hydrogen-bond acceptors (Lipinski definition) is 3. The van der Waals surface area contributed by atoms with Gasteiger partial charge in [0.25, 0.3) is 0 Å². The van der Waals surface area contributed by atoms with Crippen molar-refractivity contribution >= 4 is 5.69 Å². The maximum Gasteiger partial charge on any atom is 0.416 e. The molecule has 6 heteroatoms. The molecule has 3 nitrogen and oxygen atoms in total. The summed E-state index contributed by atoms with van der Waals surface area (Å²) in [6.07, 6.45) is 4.03. The lowest BCUT2D eigenvalue weighted by Gasteiger charge is -2.36. The highest BCUT2D eigenvalue weighted by atomic mass is 19.4. The number of benzene rings is 2. The molecule has 1 saturated heterocycles. The molecule has 0 atom stereocenters. The van der Waals surface area contributed by atoms with Crippen molar-refractivity contribution in [3.63, 3.8) is 0 Å². The van der Waals surface area contributed by atoms with Gasteiger partial charge >= 0.3 is 6.18 Å². The minimum absolute atomic E-state index is 0.580. The van der Waals surface area contributed by atoms with E-state index in [2.05, 4.69) is 34.9 Å². The molecule has 0 spiro atoms. The number of alkyl halides is 3. The van der Waals surface area contributed by atoms with Crippen LogP contribution >= 0.6 is 0 Å². The summed E-state index contributed by atoms with van der Waals surface area (Å²) >= 11 is 0. The van der Waals surface area contributed by atoms with Crippen LogP contribution in [-0.4, -0.2) is 44.7 Å². The number of hydrogen-bond donors (Lipinski definition) is 0. The summed E-state index contributed by atoms with van der Waals surface area (Å²) in [4.78, 5) is 4.45. The minimum Gasteiger partial charge on any atom is -0.496 e. The van der Waals surface area contributed by atoms with E-state index in [-0.39, 0.29) is 0 Å². The predicted octanol–water partition coefficient (Wildman–Crippen LogP) is 6.59. The van der Waals surface area contributed by atoms with E-state index in [1.807, 2.05) is 0 Å². The number of unbranched alkanes of at least 4 members (excludes halogenated alkanes) is 4. The topological polar surface area (TPSA) is 15.7 Å². The zero-order chi connectivity index (χ0) is 23.7. The molecule has 1 aliphatic heterocycles. The number of halogens is 3. The number of methoxy groups -OCH3 is 1. The Hall–Kier alpha value is -2.21. The molecule has 0 amide bonds. The quantitative estimate of drug-likeness (QED) is 0.350. The van der Waals surface area contributed by atoms with Gasteiger partial charge in [0.1, 0.15) is 5.75 Å². The lowest BCUT2D eigenvalue weighted by atomic mass is 10.0. The fourth-order valence-corrected chi connectivity index (χ4v) is 4.50. The summed E-state index contributed by atoms with van der Waals surface area (Å²) in [6.45, 7) is 6.39. The molecular formula is C27H37F3N2O. The molecule has 33 heavy (non-hydrogen) atoms. The van der Waals surface area contributed by atoms with Crippen molar-refractivity contribution < 1.29 is 17.9 Å². The highest BCUT2D eigenvalue weighted by Crippen LogP contribution is 2.32. The molecule has 1 aliphatic rings. The fraction of sp³-hybridized carbons (Fsp3) is 0.556. The summed E-state index contributed by atoms with van der Waals surface area (Å²) in [7, 11) is 1.74. The van der Waals surface area contributed by atoms with Crippen molar-refractivity contribution in [1.29, 1.82) is 0 Å². The van der Waals surface area contributed by atoms with E-state index in [1.165, 1.54) is 55.4 Å². The highest BCUT2D eigenvalue weighted by molar-refractivity contribution is 5.49. The Morgan fingerprint density at radius 3 is 2.33 bits per heavy atom. The van der Waals surface area contributed by atoms with Gasteiger partial charge in [0.05, 0.1) is 12.7 Å². The van der Waals surface area contributed by atoms with Gasteiger partial charge in [-0.2, -0.15) is 13.2 Å². The lowest BCUT2D eigenvalue weighted by molar-refractivity contribution is -0.137. The molecule has 0 N–H and O–H groups in total. The van der Waals surface area contributed by atoms with Gasteiger partial charge in [-0.3, -0.25) is 4.90 Å². The number of anilines is 1. The summed E-state index contributed by atoms with van der Waals surface area (Å²) in [5.41, 5.74) is 2.69.